The lowest BCUT2D eigenvalue weighted by atomic mass is 9.83. The number of fused-ring (bicyclic) bond motifs is 3. The standard InChI is InChI=1S/C18H11BrN2OS/c19-11-5-3-4-10(8-11)15-13(9-20)18(21)22-16-12-6-1-2-7-14(12)23-17(15)16/h1-8,13,15,21H. The molecule has 2 heterocycles. The average Bonchev–Trinajstić information content (AvgIpc) is 2.91. The Morgan fingerprint density at radius 2 is 2.00 bits per heavy atom. The molecule has 0 saturated heterocycles. The molecule has 0 saturated carbocycles. The highest BCUT2D eigenvalue weighted by Gasteiger charge is 2.39. The number of halogens is 1. The predicted octanol–water partition coefficient (Wildman–Crippen LogP) is 5.31. The van der Waals surface area contributed by atoms with Crippen LogP contribution < -0.4 is 4.74 Å². The van der Waals surface area contributed by atoms with Crippen molar-refractivity contribution in [1.82, 2.24) is 0 Å². The Labute approximate surface area is 145 Å². The monoisotopic (exact) mass is 382 g/mol. The smallest absolute Gasteiger partial charge is 0.205 e. The number of thiophene rings is 1. The van der Waals surface area contributed by atoms with Crippen LogP contribution in [0.2, 0.25) is 0 Å². The van der Waals surface area contributed by atoms with Crippen LogP contribution >= 0.6 is 27.3 Å². The fourth-order valence-corrected chi connectivity index (χ4v) is 4.72. The quantitative estimate of drug-likeness (QED) is 0.620. The molecule has 2 aromatic carbocycles. The van der Waals surface area contributed by atoms with Crippen molar-refractivity contribution in [3.05, 3.63) is 63.4 Å². The van der Waals surface area contributed by atoms with Crippen molar-refractivity contribution in [3.63, 3.8) is 0 Å². The summed E-state index contributed by atoms with van der Waals surface area (Å²) in [4.78, 5) is 1.02. The molecule has 1 aromatic heterocycles. The normalized spacial score (nSPS) is 19.9. The van der Waals surface area contributed by atoms with Crippen LogP contribution in [0.1, 0.15) is 16.4 Å². The molecule has 23 heavy (non-hydrogen) atoms. The van der Waals surface area contributed by atoms with E-state index in [2.05, 4.69) is 22.0 Å². The highest BCUT2D eigenvalue weighted by atomic mass is 79.9. The first-order valence-corrected chi connectivity index (χ1v) is 8.73. The highest BCUT2D eigenvalue weighted by molar-refractivity contribution is 9.10. The van der Waals surface area contributed by atoms with Gasteiger partial charge in [0, 0.05) is 20.5 Å². The van der Waals surface area contributed by atoms with Gasteiger partial charge in [-0.2, -0.15) is 5.26 Å². The molecule has 0 amide bonds. The molecule has 3 nitrogen and oxygen atoms in total. The second kappa shape index (κ2) is 5.48. The average molecular weight is 383 g/mol. The molecule has 1 aliphatic rings. The molecule has 0 radical (unpaired) electrons. The number of nitrogens with zero attached hydrogens (tertiary/aromatic N) is 1. The van der Waals surface area contributed by atoms with Crippen molar-refractivity contribution in [2.24, 2.45) is 5.92 Å². The Kier molecular flexibility index (Phi) is 3.44. The predicted molar refractivity (Wildman–Crippen MR) is 95.3 cm³/mol. The molecule has 0 fully saturated rings. The SMILES string of the molecule is N#CC1C(=N)Oc2c(sc3ccccc23)C1c1cccc(Br)c1. The summed E-state index contributed by atoms with van der Waals surface area (Å²) < 4.78 is 7.81. The van der Waals surface area contributed by atoms with Gasteiger partial charge in [0.25, 0.3) is 0 Å². The third-order valence-corrected chi connectivity index (χ3v) is 5.76. The first-order valence-electron chi connectivity index (χ1n) is 7.12. The Morgan fingerprint density at radius 3 is 2.78 bits per heavy atom. The van der Waals surface area contributed by atoms with E-state index < -0.39 is 5.92 Å². The molecule has 0 spiro atoms. The van der Waals surface area contributed by atoms with Gasteiger partial charge in [0.1, 0.15) is 5.92 Å². The van der Waals surface area contributed by atoms with Gasteiger partial charge >= 0.3 is 0 Å². The largest absolute Gasteiger partial charge is 0.440 e. The zero-order chi connectivity index (χ0) is 16.0. The van der Waals surface area contributed by atoms with Gasteiger partial charge in [-0.3, -0.25) is 5.41 Å². The van der Waals surface area contributed by atoms with Crippen molar-refractivity contribution in [1.29, 1.82) is 10.7 Å². The van der Waals surface area contributed by atoms with E-state index >= 15 is 0 Å². The minimum atomic E-state index is -0.607. The zero-order valence-corrected chi connectivity index (χ0v) is 14.3. The van der Waals surface area contributed by atoms with Gasteiger partial charge < -0.3 is 4.74 Å². The maximum atomic E-state index is 9.59. The lowest BCUT2D eigenvalue weighted by Crippen LogP contribution is -2.29. The van der Waals surface area contributed by atoms with Crippen LogP contribution in [0.4, 0.5) is 0 Å². The van der Waals surface area contributed by atoms with Gasteiger partial charge in [-0.05, 0) is 29.8 Å². The summed E-state index contributed by atoms with van der Waals surface area (Å²) in [5.74, 6) is -0.0309. The lowest BCUT2D eigenvalue weighted by molar-refractivity contribution is 0.461. The summed E-state index contributed by atoms with van der Waals surface area (Å²) in [6.07, 6.45) is 0. The summed E-state index contributed by atoms with van der Waals surface area (Å²) in [5.41, 5.74) is 1.02. The minimum absolute atomic E-state index is 0.0218. The summed E-state index contributed by atoms with van der Waals surface area (Å²) in [6, 6.07) is 18.2. The maximum absolute atomic E-state index is 9.59. The number of hydrogen-bond acceptors (Lipinski definition) is 4. The first kappa shape index (κ1) is 14.4. The summed E-state index contributed by atoms with van der Waals surface area (Å²) in [6.45, 7) is 0. The van der Waals surface area contributed by atoms with Crippen molar-refractivity contribution in [3.8, 4) is 11.8 Å². The van der Waals surface area contributed by atoms with Crippen LogP contribution in [0.3, 0.4) is 0 Å². The summed E-state index contributed by atoms with van der Waals surface area (Å²) >= 11 is 5.14. The van der Waals surface area contributed by atoms with Crippen molar-refractivity contribution in [2.45, 2.75) is 5.92 Å². The molecular weight excluding hydrogens is 372 g/mol. The van der Waals surface area contributed by atoms with Gasteiger partial charge in [0.2, 0.25) is 5.90 Å². The molecular formula is C18H11BrN2OS. The van der Waals surface area contributed by atoms with Crippen LogP contribution in [0.25, 0.3) is 10.1 Å². The molecule has 1 N–H and O–H groups in total. The topological polar surface area (TPSA) is 56.9 Å². The van der Waals surface area contributed by atoms with Crippen LogP contribution in [0, 0.1) is 22.7 Å². The fraction of sp³-hybridized carbons (Fsp3) is 0.111. The van der Waals surface area contributed by atoms with Gasteiger partial charge in [-0.15, -0.1) is 11.3 Å². The van der Waals surface area contributed by atoms with Crippen LogP contribution in [-0.4, -0.2) is 5.90 Å². The lowest BCUT2D eigenvalue weighted by Gasteiger charge is -2.28. The molecule has 4 rings (SSSR count). The van der Waals surface area contributed by atoms with Gasteiger partial charge in [0.15, 0.2) is 5.75 Å². The van der Waals surface area contributed by atoms with Crippen molar-refractivity contribution >= 4 is 43.3 Å². The Morgan fingerprint density at radius 1 is 1.17 bits per heavy atom. The van der Waals surface area contributed by atoms with E-state index in [4.69, 9.17) is 10.1 Å². The minimum Gasteiger partial charge on any atom is -0.440 e. The molecule has 2 unspecified atom stereocenters. The molecule has 2 atom stereocenters. The van der Waals surface area contributed by atoms with Gasteiger partial charge in [-0.25, -0.2) is 0 Å². The van der Waals surface area contributed by atoms with Crippen molar-refractivity contribution in [2.75, 3.05) is 0 Å². The third-order valence-electron chi connectivity index (χ3n) is 4.03. The van der Waals surface area contributed by atoms with E-state index in [9.17, 15) is 5.26 Å². The summed E-state index contributed by atoms with van der Waals surface area (Å²) in [5, 5.41) is 18.8. The van der Waals surface area contributed by atoms with E-state index in [-0.39, 0.29) is 11.8 Å². The van der Waals surface area contributed by atoms with Crippen LogP contribution in [0.15, 0.2) is 53.0 Å². The molecule has 0 bridgehead atoms. The molecule has 5 heteroatoms. The number of rotatable bonds is 1. The molecule has 3 aromatic rings. The second-order valence-corrected chi connectivity index (χ2v) is 7.40. The fourth-order valence-electron chi connectivity index (χ4n) is 3.00. The molecule has 0 aliphatic carbocycles. The number of hydrogen-bond donors (Lipinski definition) is 1. The first-order chi connectivity index (χ1) is 11.2. The van der Waals surface area contributed by atoms with E-state index in [1.165, 1.54) is 0 Å². The van der Waals surface area contributed by atoms with E-state index in [0.717, 1.165) is 30.7 Å². The number of nitriles is 1. The van der Waals surface area contributed by atoms with Gasteiger partial charge in [-0.1, -0.05) is 40.2 Å². The Balaban J connectivity index is 2.00. The summed E-state index contributed by atoms with van der Waals surface area (Å²) in [7, 11) is 0. The number of benzene rings is 2. The maximum Gasteiger partial charge on any atom is 0.205 e. The van der Waals surface area contributed by atoms with Crippen LogP contribution in [-0.2, 0) is 0 Å². The molecule has 112 valence electrons. The second-order valence-electron chi connectivity index (χ2n) is 5.40. The number of nitrogens with one attached hydrogen (secondary N) is 1. The van der Waals surface area contributed by atoms with E-state index in [1.54, 1.807) is 11.3 Å². The van der Waals surface area contributed by atoms with E-state index in [0.29, 0.717) is 0 Å². The zero-order valence-electron chi connectivity index (χ0n) is 11.9. The van der Waals surface area contributed by atoms with Crippen LogP contribution in [0.5, 0.6) is 5.75 Å². The third kappa shape index (κ3) is 2.26. The Bertz CT molecular complexity index is 973. The highest BCUT2D eigenvalue weighted by Crippen LogP contribution is 2.50. The Hall–Kier alpha value is -2.16. The van der Waals surface area contributed by atoms with Gasteiger partial charge in [0.05, 0.1) is 10.9 Å². The molecule has 1 aliphatic heterocycles. The van der Waals surface area contributed by atoms with Crippen molar-refractivity contribution < 1.29 is 4.74 Å². The number of ether oxygens (including phenoxy) is 1. The van der Waals surface area contributed by atoms with E-state index in [1.807, 2.05) is 48.5 Å².